The molecule has 4 heteroatoms. The first kappa shape index (κ1) is 15.2. The molecule has 3 aromatic rings. The Bertz CT molecular complexity index is 880. The molecule has 119 valence electrons. The standard InChI is InChI=1S/C20H19BNO2/c1-22-12-17-11-18(24-21-23)8-9-19(17)20(13-22)16-7-6-14-4-2-3-5-15(14)10-16/h2-11,20,23H,12-13H2,1H3. The summed E-state index contributed by atoms with van der Waals surface area (Å²) in [5.74, 6) is 1.01. The minimum atomic E-state index is 0.343. The van der Waals surface area contributed by atoms with Crippen molar-refractivity contribution < 1.29 is 9.68 Å². The maximum absolute atomic E-state index is 8.85. The zero-order valence-corrected chi connectivity index (χ0v) is 13.6. The predicted molar refractivity (Wildman–Crippen MR) is 97.2 cm³/mol. The molecule has 0 saturated heterocycles. The maximum Gasteiger partial charge on any atom is 0.569 e. The van der Waals surface area contributed by atoms with Crippen molar-refractivity contribution in [2.45, 2.75) is 12.5 Å². The first-order valence-electron chi connectivity index (χ1n) is 8.17. The minimum Gasteiger partial charge on any atom is -0.537 e. The molecular formula is C20H19BNO2. The highest BCUT2D eigenvalue weighted by Crippen LogP contribution is 2.35. The summed E-state index contributed by atoms with van der Waals surface area (Å²) in [5, 5.41) is 11.4. The third kappa shape index (κ3) is 2.79. The number of fused-ring (bicyclic) bond motifs is 2. The van der Waals surface area contributed by atoms with Gasteiger partial charge in [0.2, 0.25) is 0 Å². The molecule has 0 aliphatic carbocycles. The third-order valence-electron chi connectivity index (χ3n) is 4.79. The molecule has 0 fully saturated rings. The lowest BCUT2D eigenvalue weighted by atomic mass is 9.84. The van der Waals surface area contributed by atoms with E-state index in [1.165, 1.54) is 27.5 Å². The van der Waals surface area contributed by atoms with Crippen molar-refractivity contribution in [1.29, 1.82) is 0 Å². The van der Waals surface area contributed by atoms with Crippen molar-refractivity contribution in [2.75, 3.05) is 13.6 Å². The van der Waals surface area contributed by atoms with Crippen LogP contribution in [0.5, 0.6) is 5.75 Å². The Morgan fingerprint density at radius 1 is 1.04 bits per heavy atom. The predicted octanol–water partition coefficient (Wildman–Crippen LogP) is 3.32. The van der Waals surface area contributed by atoms with Gasteiger partial charge < -0.3 is 14.6 Å². The Kier molecular flexibility index (Phi) is 4.01. The number of hydrogen-bond acceptors (Lipinski definition) is 3. The van der Waals surface area contributed by atoms with Gasteiger partial charge >= 0.3 is 7.69 Å². The number of rotatable bonds is 3. The van der Waals surface area contributed by atoms with Gasteiger partial charge in [-0.3, -0.25) is 0 Å². The van der Waals surface area contributed by atoms with Gasteiger partial charge in [-0.15, -0.1) is 0 Å². The molecule has 1 heterocycles. The van der Waals surface area contributed by atoms with Crippen molar-refractivity contribution in [3.63, 3.8) is 0 Å². The Balaban J connectivity index is 1.77. The van der Waals surface area contributed by atoms with E-state index < -0.39 is 0 Å². The van der Waals surface area contributed by atoms with Gasteiger partial charge in [0.15, 0.2) is 0 Å². The highest BCUT2D eigenvalue weighted by Gasteiger charge is 2.25. The van der Waals surface area contributed by atoms with Gasteiger partial charge in [-0.05, 0) is 46.6 Å². The first-order chi connectivity index (χ1) is 11.7. The summed E-state index contributed by atoms with van der Waals surface area (Å²) in [7, 11) is 2.87. The lowest BCUT2D eigenvalue weighted by molar-refractivity contribution is 0.294. The number of nitrogens with zero attached hydrogens (tertiary/aromatic N) is 1. The van der Waals surface area contributed by atoms with E-state index in [4.69, 9.17) is 9.68 Å². The second-order valence-corrected chi connectivity index (χ2v) is 6.44. The van der Waals surface area contributed by atoms with E-state index >= 15 is 0 Å². The Hall–Kier alpha value is -2.30. The molecule has 1 unspecified atom stereocenters. The summed E-state index contributed by atoms with van der Waals surface area (Å²) in [6.45, 7) is 1.89. The quantitative estimate of drug-likeness (QED) is 0.753. The van der Waals surface area contributed by atoms with Gasteiger partial charge in [-0.1, -0.05) is 48.5 Å². The van der Waals surface area contributed by atoms with Crippen LogP contribution in [-0.2, 0) is 6.54 Å². The molecular weight excluding hydrogens is 297 g/mol. The van der Waals surface area contributed by atoms with Crippen LogP contribution >= 0.6 is 0 Å². The first-order valence-corrected chi connectivity index (χ1v) is 8.17. The molecule has 1 N–H and O–H groups in total. The van der Waals surface area contributed by atoms with Crippen LogP contribution in [0.25, 0.3) is 10.8 Å². The topological polar surface area (TPSA) is 32.7 Å². The molecule has 0 amide bonds. The number of likely N-dealkylation sites (N-methyl/N-ethyl adjacent to an activating group) is 1. The fraction of sp³-hybridized carbons (Fsp3) is 0.200. The molecule has 1 aliphatic rings. The van der Waals surface area contributed by atoms with Gasteiger partial charge in [0, 0.05) is 19.0 Å². The highest BCUT2D eigenvalue weighted by atomic mass is 16.5. The van der Waals surface area contributed by atoms with Crippen molar-refractivity contribution >= 4 is 18.5 Å². The van der Waals surface area contributed by atoms with Crippen LogP contribution in [0, 0.1) is 0 Å². The van der Waals surface area contributed by atoms with Crippen LogP contribution in [0.3, 0.4) is 0 Å². The molecule has 0 spiro atoms. The molecule has 0 aromatic heterocycles. The van der Waals surface area contributed by atoms with Gasteiger partial charge in [0.05, 0.1) is 0 Å². The average Bonchev–Trinajstić information content (AvgIpc) is 2.60. The maximum atomic E-state index is 8.85. The monoisotopic (exact) mass is 316 g/mol. The fourth-order valence-electron chi connectivity index (χ4n) is 3.67. The van der Waals surface area contributed by atoms with E-state index in [9.17, 15) is 0 Å². The SMILES string of the molecule is CN1Cc2cc(O[B]O)ccc2C(c2ccc3ccccc3c2)C1. The Morgan fingerprint density at radius 2 is 1.88 bits per heavy atom. The van der Waals surface area contributed by atoms with Crippen molar-refractivity contribution in [3.8, 4) is 5.75 Å². The Morgan fingerprint density at radius 3 is 2.71 bits per heavy atom. The van der Waals surface area contributed by atoms with E-state index in [0.717, 1.165) is 20.8 Å². The van der Waals surface area contributed by atoms with Gasteiger partial charge in [0.25, 0.3) is 0 Å². The molecule has 4 rings (SSSR count). The molecule has 3 aromatic carbocycles. The van der Waals surface area contributed by atoms with Crippen LogP contribution in [0.2, 0.25) is 0 Å². The molecule has 3 nitrogen and oxygen atoms in total. The minimum absolute atomic E-state index is 0.343. The normalized spacial score (nSPS) is 17.5. The van der Waals surface area contributed by atoms with Gasteiger partial charge in [-0.2, -0.15) is 0 Å². The Labute approximate surface area is 142 Å². The zero-order chi connectivity index (χ0) is 16.5. The highest BCUT2D eigenvalue weighted by molar-refractivity contribution is 6.17. The number of hydrogen-bond donors (Lipinski definition) is 1. The molecule has 1 atom stereocenters. The van der Waals surface area contributed by atoms with Crippen molar-refractivity contribution in [3.05, 3.63) is 77.4 Å². The van der Waals surface area contributed by atoms with Crippen LogP contribution in [0.4, 0.5) is 0 Å². The van der Waals surface area contributed by atoms with Gasteiger partial charge in [-0.25, -0.2) is 0 Å². The summed E-state index contributed by atoms with van der Waals surface area (Å²) < 4.78 is 5.12. The summed E-state index contributed by atoms with van der Waals surface area (Å²) in [4.78, 5) is 2.33. The average molecular weight is 316 g/mol. The lowest BCUT2D eigenvalue weighted by Crippen LogP contribution is -2.31. The van der Waals surface area contributed by atoms with Crippen LogP contribution < -0.4 is 4.65 Å². The van der Waals surface area contributed by atoms with Gasteiger partial charge in [0.1, 0.15) is 5.75 Å². The van der Waals surface area contributed by atoms with E-state index in [1.54, 1.807) is 0 Å². The van der Waals surface area contributed by atoms with Crippen LogP contribution in [0.15, 0.2) is 60.7 Å². The summed E-state index contributed by atoms with van der Waals surface area (Å²) in [6.07, 6.45) is 0. The van der Waals surface area contributed by atoms with E-state index in [0.29, 0.717) is 11.7 Å². The lowest BCUT2D eigenvalue weighted by Gasteiger charge is -2.33. The van der Waals surface area contributed by atoms with Crippen LogP contribution in [0.1, 0.15) is 22.6 Å². The molecule has 1 radical (unpaired) electrons. The third-order valence-corrected chi connectivity index (χ3v) is 4.79. The summed E-state index contributed by atoms with van der Waals surface area (Å²) in [6, 6.07) is 21.3. The van der Waals surface area contributed by atoms with Crippen molar-refractivity contribution in [1.82, 2.24) is 4.90 Å². The second kappa shape index (κ2) is 6.31. The smallest absolute Gasteiger partial charge is 0.537 e. The summed E-state index contributed by atoms with van der Waals surface area (Å²) in [5.41, 5.74) is 3.93. The zero-order valence-electron chi connectivity index (χ0n) is 13.6. The van der Waals surface area contributed by atoms with E-state index in [1.807, 2.05) is 12.1 Å². The van der Waals surface area contributed by atoms with Crippen molar-refractivity contribution in [2.24, 2.45) is 0 Å². The van der Waals surface area contributed by atoms with E-state index in [-0.39, 0.29) is 0 Å². The second-order valence-electron chi connectivity index (χ2n) is 6.44. The molecule has 24 heavy (non-hydrogen) atoms. The molecule has 1 aliphatic heterocycles. The molecule has 0 saturated carbocycles. The number of benzene rings is 3. The van der Waals surface area contributed by atoms with Crippen LogP contribution in [-0.4, -0.2) is 31.2 Å². The largest absolute Gasteiger partial charge is 0.569 e. The molecule has 0 bridgehead atoms. The summed E-state index contributed by atoms with van der Waals surface area (Å²) >= 11 is 0. The fourth-order valence-corrected chi connectivity index (χ4v) is 3.67. The van der Waals surface area contributed by atoms with E-state index in [2.05, 4.69) is 60.5 Å².